The summed E-state index contributed by atoms with van der Waals surface area (Å²) in [6, 6.07) is 2.16. The number of imidazole rings is 1. The van der Waals surface area contributed by atoms with Gasteiger partial charge in [0.05, 0.1) is 18.5 Å². The number of nitrogens with zero attached hydrogens (tertiary/aromatic N) is 5. The van der Waals surface area contributed by atoms with Gasteiger partial charge in [-0.3, -0.25) is 13.9 Å². The van der Waals surface area contributed by atoms with E-state index in [0.717, 1.165) is 29.1 Å². The van der Waals surface area contributed by atoms with Crippen LogP contribution in [0.15, 0.2) is 23.4 Å². The molecular formula is C22H33N7O3S. The number of anilines is 1. The average molecular weight is 476 g/mol. The van der Waals surface area contributed by atoms with E-state index in [9.17, 15) is 9.59 Å². The van der Waals surface area contributed by atoms with Crippen molar-refractivity contribution < 1.29 is 14.3 Å². The zero-order chi connectivity index (χ0) is 23.6. The van der Waals surface area contributed by atoms with E-state index in [1.165, 1.54) is 0 Å². The Kier molecular flexibility index (Phi) is 7.01. The molecule has 2 N–H and O–H groups in total. The summed E-state index contributed by atoms with van der Waals surface area (Å²) in [4.78, 5) is 36.5. The molecule has 11 heteroatoms. The highest BCUT2D eigenvalue weighted by atomic mass is 32.2. The first-order valence-electron chi connectivity index (χ1n) is 11.2. The molecule has 10 nitrogen and oxygen atoms in total. The number of carbonyl (C=O) groups is 2. The summed E-state index contributed by atoms with van der Waals surface area (Å²) in [5.41, 5.74) is 2.37. The van der Waals surface area contributed by atoms with E-state index in [0.29, 0.717) is 45.0 Å². The van der Waals surface area contributed by atoms with Crippen molar-refractivity contribution >= 4 is 35.2 Å². The highest BCUT2D eigenvalue weighted by Gasteiger charge is 2.37. The third-order valence-corrected chi connectivity index (χ3v) is 7.13. The van der Waals surface area contributed by atoms with Crippen molar-refractivity contribution in [1.82, 2.24) is 29.2 Å². The Labute approximate surface area is 198 Å². The summed E-state index contributed by atoms with van der Waals surface area (Å²) in [5.74, 6) is -0.184. The molecule has 0 radical (unpaired) electrons. The number of amides is 3. The fourth-order valence-corrected chi connectivity index (χ4v) is 4.65. The molecule has 0 bridgehead atoms. The van der Waals surface area contributed by atoms with Crippen LogP contribution >= 0.6 is 11.9 Å². The minimum Gasteiger partial charge on any atom is -0.383 e. The van der Waals surface area contributed by atoms with Crippen molar-refractivity contribution in [2.45, 2.75) is 30.2 Å². The summed E-state index contributed by atoms with van der Waals surface area (Å²) in [6.07, 6.45) is 5.91. The van der Waals surface area contributed by atoms with E-state index >= 15 is 0 Å². The summed E-state index contributed by atoms with van der Waals surface area (Å²) >= 11 is 1.59. The summed E-state index contributed by atoms with van der Waals surface area (Å²) < 4.78 is 10.5. The van der Waals surface area contributed by atoms with Gasteiger partial charge in [0.25, 0.3) is 5.91 Å². The summed E-state index contributed by atoms with van der Waals surface area (Å²) in [7, 11) is 5.15. The van der Waals surface area contributed by atoms with Crippen LogP contribution in [-0.4, -0.2) is 97.2 Å². The van der Waals surface area contributed by atoms with Gasteiger partial charge in [-0.2, -0.15) is 0 Å². The quantitative estimate of drug-likeness (QED) is 0.443. The number of hydrogen-bond donors (Lipinski definition) is 2. The van der Waals surface area contributed by atoms with E-state index in [2.05, 4.69) is 32.9 Å². The van der Waals surface area contributed by atoms with Crippen molar-refractivity contribution in [2.75, 3.05) is 65.4 Å². The van der Waals surface area contributed by atoms with Crippen LogP contribution in [-0.2, 0) is 4.74 Å². The van der Waals surface area contributed by atoms with Gasteiger partial charge in [-0.25, -0.2) is 9.78 Å². The number of rotatable bonds is 8. The first kappa shape index (κ1) is 23.7. The Bertz CT molecular complexity index is 1010. The molecule has 1 aliphatic heterocycles. The van der Waals surface area contributed by atoms with Gasteiger partial charge in [0.2, 0.25) is 0 Å². The Morgan fingerprint density at radius 2 is 1.97 bits per heavy atom. The first-order chi connectivity index (χ1) is 15.8. The maximum absolute atomic E-state index is 12.8. The number of carbonyl (C=O) groups excluding carboxylic acids is 2. The molecule has 1 saturated carbocycles. The highest BCUT2D eigenvalue weighted by molar-refractivity contribution is 7.97. The Hall–Kier alpha value is -2.50. The van der Waals surface area contributed by atoms with Gasteiger partial charge in [-0.1, -0.05) is 0 Å². The van der Waals surface area contributed by atoms with Gasteiger partial charge in [0.1, 0.15) is 5.69 Å². The van der Waals surface area contributed by atoms with Crippen LogP contribution in [0.5, 0.6) is 0 Å². The molecule has 180 valence electrons. The number of ether oxygens (including phenoxy) is 1. The van der Waals surface area contributed by atoms with Crippen LogP contribution in [0.2, 0.25) is 0 Å². The molecule has 0 atom stereocenters. The third-order valence-electron chi connectivity index (χ3n) is 6.07. The van der Waals surface area contributed by atoms with E-state index in [1.807, 2.05) is 15.5 Å². The van der Waals surface area contributed by atoms with Crippen LogP contribution in [0.1, 0.15) is 30.3 Å². The maximum atomic E-state index is 12.8. The van der Waals surface area contributed by atoms with Crippen molar-refractivity contribution in [3.8, 4) is 0 Å². The van der Waals surface area contributed by atoms with Crippen LogP contribution < -0.4 is 14.9 Å². The monoisotopic (exact) mass is 475 g/mol. The third kappa shape index (κ3) is 5.36. The summed E-state index contributed by atoms with van der Waals surface area (Å²) in [6.45, 7) is 5.79. The van der Waals surface area contributed by atoms with Crippen molar-refractivity contribution in [2.24, 2.45) is 0 Å². The second kappa shape index (κ2) is 9.78. The van der Waals surface area contributed by atoms with E-state index in [1.54, 1.807) is 44.2 Å². The molecule has 1 saturated heterocycles. The van der Waals surface area contributed by atoms with Gasteiger partial charge in [0.15, 0.2) is 5.65 Å². The number of hydrogen-bond acceptors (Lipinski definition) is 7. The Morgan fingerprint density at radius 3 is 2.61 bits per heavy atom. The molecule has 3 heterocycles. The maximum Gasteiger partial charge on any atom is 0.319 e. The van der Waals surface area contributed by atoms with Gasteiger partial charge in [-0.05, 0) is 37.8 Å². The van der Waals surface area contributed by atoms with Crippen LogP contribution in [0.25, 0.3) is 5.65 Å². The first-order valence-corrected chi connectivity index (χ1v) is 12.1. The SMILES string of the molecule is COCCNC(=O)c1cnc2c(N3CCN(C(=O)N(C)C)CC3)cc(SNC3(C)CC3)cn12. The van der Waals surface area contributed by atoms with Gasteiger partial charge in [-0.15, -0.1) is 0 Å². The van der Waals surface area contributed by atoms with Crippen molar-refractivity contribution in [3.05, 3.63) is 24.2 Å². The molecule has 4 rings (SSSR count). The molecule has 2 aromatic heterocycles. The molecule has 0 aromatic carbocycles. The fraction of sp³-hybridized carbons (Fsp3) is 0.591. The van der Waals surface area contributed by atoms with Crippen LogP contribution in [0.3, 0.4) is 0 Å². The lowest BCUT2D eigenvalue weighted by Gasteiger charge is -2.37. The smallest absolute Gasteiger partial charge is 0.319 e. The molecular weight excluding hydrogens is 442 g/mol. The number of pyridine rings is 1. The molecule has 0 unspecified atom stereocenters. The van der Waals surface area contributed by atoms with E-state index in [-0.39, 0.29) is 17.5 Å². The molecule has 3 amide bonds. The molecule has 0 spiro atoms. The van der Waals surface area contributed by atoms with Gasteiger partial charge >= 0.3 is 6.03 Å². The lowest BCUT2D eigenvalue weighted by atomic mass is 10.2. The number of methoxy groups -OCH3 is 1. The largest absolute Gasteiger partial charge is 0.383 e. The zero-order valence-corrected chi connectivity index (χ0v) is 20.6. The van der Waals surface area contributed by atoms with E-state index < -0.39 is 0 Å². The van der Waals surface area contributed by atoms with Gasteiger partial charge < -0.3 is 24.8 Å². The lowest BCUT2D eigenvalue weighted by Crippen LogP contribution is -2.51. The molecule has 1 aliphatic carbocycles. The molecule has 2 aliphatic rings. The second-order valence-corrected chi connectivity index (χ2v) is 9.94. The minimum absolute atomic E-state index is 0.0295. The minimum atomic E-state index is -0.184. The standard InChI is InChI=1S/C22H33N7O3S/c1-22(5-6-22)25-33-16-13-17(27-8-10-28(11-9-27)21(31)26(2)3)19-24-14-18(29(19)15-16)20(30)23-7-12-32-4/h13-15,25H,5-12H2,1-4H3,(H,23,30). The number of nitrogens with one attached hydrogen (secondary N) is 2. The summed E-state index contributed by atoms with van der Waals surface area (Å²) in [5, 5.41) is 2.88. The molecule has 2 aromatic rings. The molecule has 2 fully saturated rings. The lowest BCUT2D eigenvalue weighted by molar-refractivity contribution is 0.0931. The highest BCUT2D eigenvalue weighted by Crippen LogP contribution is 2.38. The predicted molar refractivity (Wildman–Crippen MR) is 129 cm³/mol. The fourth-order valence-electron chi connectivity index (χ4n) is 3.75. The van der Waals surface area contributed by atoms with Crippen LogP contribution in [0.4, 0.5) is 10.5 Å². The Balaban J connectivity index is 1.60. The zero-order valence-electron chi connectivity index (χ0n) is 19.8. The number of fused-ring (bicyclic) bond motifs is 1. The van der Waals surface area contributed by atoms with Crippen molar-refractivity contribution in [1.29, 1.82) is 0 Å². The van der Waals surface area contributed by atoms with Gasteiger partial charge in [0, 0.05) is 70.6 Å². The van der Waals surface area contributed by atoms with Crippen molar-refractivity contribution in [3.63, 3.8) is 0 Å². The average Bonchev–Trinajstić information content (AvgIpc) is 3.39. The van der Waals surface area contributed by atoms with E-state index in [4.69, 9.17) is 4.74 Å². The normalized spacial score (nSPS) is 17.3. The topological polar surface area (TPSA) is 94.5 Å². The number of aromatic nitrogens is 2. The second-order valence-electron chi connectivity index (χ2n) is 9.06. The molecule has 33 heavy (non-hydrogen) atoms. The Morgan fingerprint density at radius 1 is 1.24 bits per heavy atom. The number of piperazine rings is 1. The van der Waals surface area contributed by atoms with Crippen LogP contribution in [0, 0.1) is 0 Å². The predicted octanol–water partition coefficient (Wildman–Crippen LogP) is 1.66. The number of urea groups is 1.